The summed E-state index contributed by atoms with van der Waals surface area (Å²) in [7, 11) is 0. The molecule has 2 aromatic heterocycles. The van der Waals surface area contributed by atoms with Crippen molar-refractivity contribution in [3.8, 4) is 0 Å². The fourth-order valence-electron chi connectivity index (χ4n) is 2.44. The number of benzene rings is 1. The third kappa shape index (κ3) is 4.46. The number of pyridine rings is 1. The van der Waals surface area contributed by atoms with Crippen LogP contribution in [0.4, 0.5) is 27.6 Å². The molecule has 0 saturated carbocycles. The van der Waals surface area contributed by atoms with Crippen molar-refractivity contribution in [2.75, 3.05) is 10.5 Å². The Morgan fingerprint density at radius 2 is 2.04 bits per heavy atom. The lowest BCUT2D eigenvalue weighted by atomic mass is 10.0. The predicted molar refractivity (Wildman–Crippen MR) is 100 cm³/mol. The van der Waals surface area contributed by atoms with E-state index in [2.05, 4.69) is 30.6 Å². The highest BCUT2D eigenvalue weighted by molar-refractivity contribution is 9.10. The zero-order valence-electron chi connectivity index (χ0n) is 13.8. The van der Waals surface area contributed by atoms with Gasteiger partial charge in [-0.1, -0.05) is 11.9 Å². The summed E-state index contributed by atoms with van der Waals surface area (Å²) in [6, 6.07) is 3.48. The number of halogens is 6. The molecular formula is C17H11BrF5N3OS. The van der Waals surface area contributed by atoms with E-state index >= 15 is 0 Å². The second kappa shape index (κ2) is 8.08. The van der Waals surface area contributed by atoms with E-state index in [-0.39, 0.29) is 17.0 Å². The number of rotatable bonds is 6. The molecule has 11 heteroatoms. The summed E-state index contributed by atoms with van der Waals surface area (Å²) in [4.78, 5) is 19.6. The molecule has 0 amide bonds. The van der Waals surface area contributed by atoms with Crippen molar-refractivity contribution in [3.05, 3.63) is 57.8 Å². The molecule has 0 aliphatic carbocycles. The Balaban J connectivity index is 1.88. The topological polar surface area (TPSA) is 57.8 Å². The average Bonchev–Trinajstić information content (AvgIpc) is 3.02. The van der Waals surface area contributed by atoms with Crippen LogP contribution in [0.1, 0.15) is 22.3 Å². The molecule has 3 rings (SSSR count). The molecule has 1 aromatic carbocycles. The van der Waals surface area contributed by atoms with Gasteiger partial charge in [0.25, 0.3) is 0 Å². The van der Waals surface area contributed by atoms with Gasteiger partial charge in [0.2, 0.25) is 5.78 Å². The number of aromatic nitrogens is 2. The lowest BCUT2D eigenvalue weighted by molar-refractivity contribution is -0.129. The van der Waals surface area contributed by atoms with E-state index in [1.54, 1.807) is 6.07 Å². The standard InChI is InChI=1S/C17H11BrF5N3OS/c18-8-5-9-10(7-25-16(9)24-6-8)15(27)13-11(19)1-2-12(14(13)20)26-28-4-3-17(21,22)23/h1-2,5-7,26H,3-4H2,(H,24,25). The number of carbonyl (C=O) groups is 1. The molecule has 0 bridgehead atoms. The molecule has 0 unspecified atom stereocenters. The summed E-state index contributed by atoms with van der Waals surface area (Å²) in [6.07, 6.45) is -2.62. The van der Waals surface area contributed by atoms with Crippen LogP contribution in [-0.4, -0.2) is 27.7 Å². The molecule has 0 aliphatic heterocycles. The number of hydrogen-bond acceptors (Lipinski definition) is 4. The van der Waals surface area contributed by atoms with Gasteiger partial charge in [-0.2, -0.15) is 13.2 Å². The van der Waals surface area contributed by atoms with E-state index < -0.39 is 35.6 Å². The molecule has 0 spiro atoms. The molecule has 2 heterocycles. The predicted octanol–water partition coefficient (Wildman–Crippen LogP) is 5.85. The van der Waals surface area contributed by atoms with Crippen molar-refractivity contribution >= 4 is 50.4 Å². The van der Waals surface area contributed by atoms with Crippen LogP contribution in [0.5, 0.6) is 0 Å². The number of nitrogens with one attached hydrogen (secondary N) is 2. The Kier molecular flexibility index (Phi) is 5.94. The van der Waals surface area contributed by atoms with Gasteiger partial charge in [-0.05, 0) is 34.1 Å². The number of anilines is 1. The summed E-state index contributed by atoms with van der Waals surface area (Å²) in [5.41, 5.74) is -0.703. The zero-order valence-corrected chi connectivity index (χ0v) is 16.2. The SMILES string of the molecule is O=C(c1c(F)ccc(NSCCC(F)(F)F)c1F)c1c[nH]c2ncc(Br)cc12. The number of H-pyrrole nitrogens is 1. The third-order valence-corrected chi connectivity index (χ3v) is 4.94. The highest BCUT2D eigenvalue weighted by atomic mass is 79.9. The van der Waals surface area contributed by atoms with Crippen LogP contribution in [0.15, 0.2) is 35.1 Å². The maximum atomic E-state index is 14.7. The van der Waals surface area contributed by atoms with Gasteiger partial charge >= 0.3 is 6.18 Å². The molecule has 0 fully saturated rings. The first kappa shape index (κ1) is 20.6. The molecule has 0 saturated heterocycles. The second-order valence-corrected chi connectivity index (χ2v) is 7.50. The van der Waals surface area contributed by atoms with E-state index in [1.165, 1.54) is 12.4 Å². The highest BCUT2D eigenvalue weighted by Gasteiger charge is 2.27. The van der Waals surface area contributed by atoms with Crippen molar-refractivity contribution in [1.82, 2.24) is 9.97 Å². The lowest BCUT2D eigenvalue weighted by Crippen LogP contribution is -2.11. The van der Waals surface area contributed by atoms with E-state index in [0.29, 0.717) is 27.5 Å². The van der Waals surface area contributed by atoms with E-state index in [4.69, 9.17) is 0 Å². The van der Waals surface area contributed by atoms with Crippen LogP contribution < -0.4 is 4.72 Å². The Morgan fingerprint density at radius 1 is 1.29 bits per heavy atom. The van der Waals surface area contributed by atoms with Crippen LogP contribution >= 0.6 is 27.9 Å². The summed E-state index contributed by atoms with van der Waals surface area (Å²) in [6.45, 7) is 0. The van der Waals surface area contributed by atoms with Gasteiger partial charge in [0.05, 0.1) is 17.7 Å². The van der Waals surface area contributed by atoms with Gasteiger partial charge in [0, 0.05) is 33.6 Å². The monoisotopic (exact) mass is 479 g/mol. The fourth-order valence-corrected chi connectivity index (χ4v) is 3.52. The molecule has 2 N–H and O–H groups in total. The fraction of sp³-hybridized carbons (Fsp3) is 0.176. The van der Waals surface area contributed by atoms with Crippen LogP contribution in [0, 0.1) is 11.6 Å². The number of ketones is 1. The number of aromatic amines is 1. The molecule has 3 aromatic rings. The maximum absolute atomic E-state index is 14.7. The first-order valence-electron chi connectivity index (χ1n) is 7.77. The van der Waals surface area contributed by atoms with Crippen LogP contribution in [0.25, 0.3) is 11.0 Å². The van der Waals surface area contributed by atoms with Crippen LogP contribution in [0.3, 0.4) is 0 Å². The molecule has 4 nitrogen and oxygen atoms in total. The Hall–Kier alpha value is -2.14. The second-order valence-electron chi connectivity index (χ2n) is 5.68. The van der Waals surface area contributed by atoms with Crippen molar-refractivity contribution < 1.29 is 26.7 Å². The third-order valence-electron chi connectivity index (χ3n) is 3.73. The Labute approximate surface area is 168 Å². The van der Waals surface area contributed by atoms with Crippen molar-refractivity contribution in [2.24, 2.45) is 0 Å². The zero-order chi connectivity index (χ0) is 20.5. The van der Waals surface area contributed by atoms with Gasteiger partial charge in [-0.15, -0.1) is 0 Å². The van der Waals surface area contributed by atoms with Gasteiger partial charge < -0.3 is 9.71 Å². The molecule has 0 atom stereocenters. The summed E-state index contributed by atoms with van der Waals surface area (Å²) in [5, 5.41) is 0.371. The van der Waals surface area contributed by atoms with Gasteiger partial charge in [-0.3, -0.25) is 4.79 Å². The van der Waals surface area contributed by atoms with E-state index in [9.17, 15) is 26.7 Å². The lowest BCUT2D eigenvalue weighted by Gasteiger charge is -2.11. The minimum atomic E-state index is -4.34. The number of fused-ring (bicyclic) bond motifs is 1. The van der Waals surface area contributed by atoms with E-state index in [0.717, 1.165) is 12.1 Å². The first-order valence-corrected chi connectivity index (χ1v) is 9.55. The highest BCUT2D eigenvalue weighted by Crippen LogP contribution is 2.29. The molecular weight excluding hydrogens is 469 g/mol. The maximum Gasteiger partial charge on any atom is 0.389 e. The normalized spacial score (nSPS) is 11.8. The smallest absolute Gasteiger partial charge is 0.345 e. The molecule has 0 aliphatic rings. The van der Waals surface area contributed by atoms with Crippen molar-refractivity contribution in [1.29, 1.82) is 0 Å². The Morgan fingerprint density at radius 3 is 2.75 bits per heavy atom. The van der Waals surface area contributed by atoms with E-state index in [1.807, 2.05) is 0 Å². The van der Waals surface area contributed by atoms with Crippen molar-refractivity contribution in [3.63, 3.8) is 0 Å². The Bertz CT molecular complexity index is 1040. The van der Waals surface area contributed by atoms with Crippen LogP contribution in [0.2, 0.25) is 0 Å². The van der Waals surface area contributed by atoms with Crippen molar-refractivity contribution in [2.45, 2.75) is 12.6 Å². The minimum Gasteiger partial charge on any atom is -0.345 e. The van der Waals surface area contributed by atoms with Gasteiger partial charge in [-0.25, -0.2) is 13.8 Å². The number of hydrogen-bond donors (Lipinski definition) is 2. The minimum absolute atomic E-state index is 0.0171. The quantitative estimate of drug-likeness (QED) is 0.201. The summed E-state index contributed by atoms with van der Waals surface area (Å²) >= 11 is 3.83. The number of nitrogens with zero attached hydrogens (tertiary/aromatic N) is 1. The number of alkyl halides is 3. The molecule has 148 valence electrons. The van der Waals surface area contributed by atoms with Crippen LogP contribution in [-0.2, 0) is 0 Å². The largest absolute Gasteiger partial charge is 0.389 e. The number of carbonyl (C=O) groups excluding carboxylic acids is 1. The first-order chi connectivity index (χ1) is 13.2. The molecule has 28 heavy (non-hydrogen) atoms. The van der Waals surface area contributed by atoms with Gasteiger partial charge in [0.15, 0.2) is 5.82 Å². The summed E-state index contributed by atoms with van der Waals surface area (Å²) < 4.78 is 68.4. The average molecular weight is 480 g/mol. The van der Waals surface area contributed by atoms with Gasteiger partial charge in [0.1, 0.15) is 11.5 Å². The molecule has 0 radical (unpaired) electrons. The summed E-state index contributed by atoms with van der Waals surface area (Å²) in [5.74, 6) is -3.54.